The van der Waals surface area contributed by atoms with Gasteiger partial charge in [-0.15, -0.1) is 0 Å². The van der Waals surface area contributed by atoms with Crippen LogP contribution >= 0.6 is 0 Å². The van der Waals surface area contributed by atoms with Crippen molar-refractivity contribution in [1.82, 2.24) is 0 Å². The first-order chi connectivity index (χ1) is 4.56. The minimum absolute atomic E-state index is 0. The Morgan fingerprint density at radius 3 is 2.27 bits per heavy atom. The van der Waals surface area contributed by atoms with Crippen LogP contribution in [0.25, 0.3) is 0 Å². The van der Waals surface area contributed by atoms with E-state index in [9.17, 15) is 8.42 Å². The van der Waals surface area contributed by atoms with Crippen molar-refractivity contribution in [3.63, 3.8) is 0 Å². The van der Waals surface area contributed by atoms with Gasteiger partial charge in [-0.25, -0.2) is 4.18 Å². The van der Waals surface area contributed by atoms with Crippen molar-refractivity contribution < 1.29 is 17.2 Å². The van der Waals surface area contributed by atoms with E-state index in [0.29, 0.717) is 6.42 Å². The summed E-state index contributed by atoms with van der Waals surface area (Å²) in [6, 6.07) is 0. The molecule has 0 unspecified atom stereocenters. The van der Waals surface area contributed by atoms with Gasteiger partial charge in [0.2, 0.25) is 0 Å². The van der Waals surface area contributed by atoms with E-state index in [1.54, 1.807) is 0 Å². The van der Waals surface area contributed by atoms with Gasteiger partial charge in [0.05, 0.1) is 6.61 Å². The van der Waals surface area contributed by atoms with E-state index in [-0.39, 0.29) is 25.5 Å². The first kappa shape index (κ1) is 14.0. The zero-order chi connectivity index (χ0) is 8.04. The average molecular weight is 176 g/mol. The molecule has 0 bridgehead atoms. The second-order valence-corrected chi connectivity index (χ2v) is 3.05. The molecule has 0 radical (unpaired) electrons. The van der Waals surface area contributed by atoms with Crippen LogP contribution in [-0.4, -0.2) is 38.4 Å². The van der Waals surface area contributed by atoms with Gasteiger partial charge in [0.25, 0.3) is 0 Å². The number of hydrogen-bond acceptors (Lipinski definition) is 3. The van der Waals surface area contributed by atoms with Crippen molar-refractivity contribution in [2.75, 3.05) is 6.61 Å². The third-order valence-electron chi connectivity index (χ3n) is 0.980. The van der Waals surface area contributed by atoms with E-state index in [0.717, 1.165) is 12.8 Å². The van der Waals surface area contributed by atoms with Gasteiger partial charge in [-0.2, -0.15) is 8.42 Å². The van der Waals surface area contributed by atoms with Gasteiger partial charge in [0, 0.05) is 0 Å². The van der Waals surface area contributed by atoms with E-state index in [1.165, 1.54) is 0 Å². The van der Waals surface area contributed by atoms with Crippen LogP contribution in [-0.2, 0) is 14.6 Å². The summed E-state index contributed by atoms with van der Waals surface area (Å²) in [6.45, 7) is 2.07. The van der Waals surface area contributed by atoms with Gasteiger partial charge in [-0.3, -0.25) is 4.55 Å². The molecule has 0 amide bonds. The molecule has 0 spiro atoms. The molecule has 0 rings (SSSR count). The van der Waals surface area contributed by atoms with Crippen LogP contribution in [0.5, 0.6) is 0 Å². The zero-order valence-electron chi connectivity index (χ0n) is 5.91. The minimum atomic E-state index is -4.20. The van der Waals surface area contributed by atoms with Crippen molar-refractivity contribution in [3.05, 3.63) is 0 Å². The zero-order valence-corrected chi connectivity index (χ0v) is 6.73. The Morgan fingerprint density at radius 1 is 1.36 bits per heavy atom. The molecule has 0 saturated carbocycles. The van der Waals surface area contributed by atoms with Crippen LogP contribution in [0.15, 0.2) is 0 Å². The van der Waals surface area contributed by atoms with Crippen molar-refractivity contribution in [2.24, 2.45) is 0 Å². The summed E-state index contributed by atoms with van der Waals surface area (Å²) in [5.74, 6) is 0. The summed E-state index contributed by atoms with van der Waals surface area (Å²) in [5.41, 5.74) is 0. The maximum absolute atomic E-state index is 9.93. The molecule has 0 fully saturated rings. The monoisotopic (exact) mass is 176 g/mol. The molecule has 0 aromatic carbocycles. The average Bonchev–Trinajstić information content (AvgIpc) is 1.78. The normalized spacial score (nSPS) is 10.7. The van der Waals surface area contributed by atoms with Gasteiger partial charge < -0.3 is 0 Å². The molecule has 0 aromatic rings. The van der Waals surface area contributed by atoms with Crippen LogP contribution in [0.4, 0.5) is 0 Å². The van der Waals surface area contributed by atoms with Gasteiger partial charge in [-0.05, 0) is 6.42 Å². The fourth-order valence-electron chi connectivity index (χ4n) is 0.516. The third kappa shape index (κ3) is 13.5. The first-order valence-electron chi connectivity index (χ1n) is 3.18. The molecule has 1 N–H and O–H groups in total. The van der Waals surface area contributed by atoms with E-state index in [1.807, 2.05) is 6.92 Å². The Labute approximate surface area is 79.4 Å². The maximum atomic E-state index is 9.93. The van der Waals surface area contributed by atoms with Crippen LogP contribution in [0.2, 0.25) is 0 Å². The molecule has 0 aliphatic carbocycles. The number of rotatable bonds is 5. The molecule has 0 aromatic heterocycles. The molecule has 0 aliphatic rings. The van der Waals surface area contributed by atoms with Crippen LogP contribution in [0.3, 0.4) is 0 Å². The Hall–Kier alpha value is 0.467. The summed E-state index contributed by atoms with van der Waals surface area (Å²) < 4.78 is 32.0. The predicted octanol–water partition coefficient (Wildman–Crippen LogP) is 0.347. The van der Waals surface area contributed by atoms with Gasteiger partial charge in [0.15, 0.2) is 0 Å². The SMILES string of the molecule is CCCCCOS(=O)(=O)O.[LiH]. The van der Waals surface area contributed by atoms with Crippen molar-refractivity contribution >= 4 is 29.3 Å². The standard InChI is InChI=1S/C5H12O4S.Li.H/c1-2-3-4-5-9-10(6,7)8;;/h2-5H2,1H3,(H,6,7,8);;. The molecule has 11 heavy (non-hydrogen) atoms. The summed E-state index contributed by atoms with van der Waals surface area (Å²) in [5, 5.41) is 0. The Balaban J connectivity index is 0. The molecule has 0 atom stereocenters. The van der Waals surface area contributed by atoms with Crippen molar-refractivity contribution in [3.8, 4) is 0 Å². The van der Waals surface area contributed by atoms with Crippen LogP contribution in [0, 0.1) is 0 Å². The molecule has 0 heterocycles. The van der Waals surface area contributed by atoms with E-state index in [4.69, 9.17) is 4.55 Å². The molecule has 64 valence electrons. The topological polar surface area (TPSA) is 63.6 Å². The molecule has 0 saturated heterocycles. The molecule has 0 aliphatic heterocycles. The molecule has 4 nitrogen and oxygen atoms in total. The van der Waals surface area contributed by atoms with E-state index >= 15 is 0 Å². The Bertz CT molecular complexity index is 165. The summed E-state index contributed by atoms with van der Waals surface area (Å²) in [6.07, 6.45) is 2.57. The van der Waals surface area contributed by atoms with Crippen LogP contribution in [0.1, 0.15) is 26.2 Å². The fraction of sp³-hybridized carbons (Fsp3) is 1.00. The fourth-order valence-corrected chi connectivity index (χ4v) is 0.845. The van der Waals surface area contributed by atoms with Gasteiger partial charge in [-0.1, -0.05) is 19.8 Å². The Kier molecular flexibility index (Phi) is 9.09. The quantitative estimate of drug-likeness (QED) is 0.373. The summed E-state index contributed by atoms with van der Waals surface area (Å²) in [4.78, 5) is 0. The van der Waals surface area contributed by atoms with Gasteiger partial charge in [0.1, 0.15) is 0 Å². The second kappa shape index (κ2) is 7.13. The van der Waals surface area contributed by atoms with Crippen molar-refractivity contribution in [2.45, 2.75) is 26.2 Å². The number of unbranched alkanes of at least 4 members (excludes halogenated alkanes) is 2. The van der Waals surface area contributed by atoms with Gasteiger partial charge >= 0.3 is 29.3 Å². The summed E-state index contributed by atoms with van der Waals surface area (Å²) in [7, 11) is -4.20. The number of hydrogen-bond donors (Lipinski definition) is 1. The molecular weight excluding hydrogens is 163 g/mol. The van der Waals surface area contributed by atoms with E-state index < -0.39 is 10.4 Å². The Morgan fingerprint density at radius 2 is 1.91 bits per heavy atom. The van der Waals surface area contributed by atoms with E-state index in [2.05, 4.69) is 4.18 Å². The third-order valence-corrected chi connectivity index (χ3v) is 1.44. The summed E-state index contributed by atoms with van der Waals surface area (Å²) >= 11 is 0. The predicted molar refractivity (Wildman–Crippen MR) is 44.2 cm³/mol. The first-order valence-corrected chi connectivity index (χ1v) is 4.54. The molecule has 6 heteroatoms. The van der Waals surface area contributed by atoms with Crippen molar-refractivity contribution in [1.29, 1.82) is 0 Å². The second-order valence-electron chi connectivity index (χ2n) is 1.96. The van der Waals surface area contributed by atoms with Crippen LogP contribution < -0.4 is 0 Å². The molecular formula is C5H13LiO4S.